The van der Waals surface area contributed by atoms with Crippen molar-refractivity contribution in [2.24, 2.45) is 0 Å². The molecule has 1 aromatic carbocycles. The summed E-state index contributed by atoms with van der Waals surface area (Å²) in [6.45, 7) is 2.31. The molecule has 2 rings (SSSR count). The highest BCUT2D eigenvalue weighted by molar-refractivity contribution is 9.08. The molecule has 0 saturated heterocycles. The van der Waals surface area contributed by atoms with E-state index in [2.05, 4.69) is 20.7 Å². The van der Waals surface area contributed by atoms with Crippen LogP contribution in [0, 0.1) is 6.92 Å². The van der Waals surface area contributed by atoms with Crippen molar-refractivity contribution in [3.8, 4) is 0 Å². The number of aryl methyl sites for hydroxylation is 1. The second-order valence-electron chi connectivity index (χ2n) is 4.18. The summed E-state index contributed by atoms with van der Waals surface area (Å²) in [6.07, 6.45) is 0. The van der Waals surface area contributed by atoms with Gasteiger partial charge in [0, 0.05) is 11.9 Å². The molecule has 1 aromatic heterocycles. The minimum atomic E-state index is -3.44. The highest BCUT2D eigenvalue weighted by Gasteiger charge is 2.14. The van der Waals surface area contributed by atoms with Gasteiger partial charge in [0.25, 0.3) is 0 Å². The molecular weight excluding hydrogens is 346 g/mol. The van der Waals surface area contributed by atoms with Crippen LogP contribution in [0.2, 0.25) is 0 Å². The summed E-state index contributed by atoms with van der Waals surface area (Å²) in [5.41, 5.74) is 3.18. The molecule has 19 heavy (non-hydrogen) atoms. The van der Waals surface area contributed by atoms with Crippen molar-refractivity contribution >= 4 is 37.3 Å². The van der Waals surface area contributed by atoms with Crippen molar-refractivity contribution in [2.45, 2.75) is 23.7 Å². The maximum absolute atomic E-state index is 12.1. The first-order valence-corrected chi connectivity index (χ1v) is 9.24. The molecule has 0 radical (unpaired) electrons. The minimum Gasteiger partial charge on any atom is -0.207 e. The Kier molecular flexibility index (Phi) is 4.78. The van der Waals surface area contributed by atoms with Crippen LogP contribution in [0.1, 0.15) is 16.7 Å². The van der Waals surface area contributed by atoms with Crippen LogP contribution in [-0.2, 0) is 21.9 Å². The second-order valence-corrected chi connectivity index (χ2v) is 7.25. The lowest BCUT2D eigenvalue weighted by atomic mass is 10.2. The first-order valence-electron chi connectivity index (χ1n) is 5.69. The Morgan fingerprint density at radius 2 is 1.89 bits per heavy atom. The van der Waals surface area contributed by atoms with Crippen LogP contribution < -0.4 is 4.72 Å². The maximum atomic E-state index is 12.1. The molecule has 0 saturated carbocycles. The molecule has 0 aliphatic carbocycles. The molecule has 0 amide bonds. The van der Waals surface area contributed by atoms with Crippen LogP contribution in [0.25, 0.3) is 0 Å². The lowest BCUT2D eigenvalue weighted by Gasteiger charge is -2.07. The van der Waals surface area contributed by atoms with Crippen molar-refractivity contribution in [3.05, 3.63) is 51.7 Å². The summed E-state index contributed by atoms with van der Waals surface area (Å²) in [7, 11) is -3.44. The van der Waals surface area contributed by atoms with Gasteiger partial charge in [-0.25, -0.2) is 13.1 Å². The van der Waals surface area contributed by atoms with Gasteiger partial charge < -0.3 is 0 Å². The minimum absolute atomic E-state index is 0.296. The van der Waals surface area contributed by atoms with E-state index >= 15 is 0 Å². The van der Waals surface area contributed by atoms with Crippen molar-refractivity contribution in [3.63, 3.8) is 0 Å². The smallest absolute Gasteiger partial charge is 0.207 e. The molecule has 2 aromatic rings. The largest absolute Gasteiger partial charge is 0.240 e. The zero-order valence-corrected chi connectivity index (χ0v) is 13.6. The number of thiophene rings is 1. The molecule has 102 valence electrons. The van der Waals surface area contributed by atoms with Gasteiger partial charge in [-0.3, -0.25) is 0 Å². The van der Waals surface area contributed by atoms with Crippen LogP contribution in [0.15, 0.2) is 39.9 Å². The highest BCUT2D eigenvalue weighted by Crippen LogP contribution is 2.16. The molecular formula is C13H14BrNO2S2. The number of alkyl halides is 1. The van der Waals surface area contributed by atoms with Gasteiger partial charge >= 0.3 is 0 Å². The van der Waals surface area contributed by atoms with Crippen LogP contribution in [0.3, 0.4) is 0 Å². The quantitative estimate of drug-likeness (QED) is 0.831. The first-order chi connectivity index (χ1) is 9.03. The molecule has 0 aliphatic rings. The fourth-order valence-corrected chi connectivity index (χ4v) is 3.82. The third kappa shape index (κ3) is 3.66. The number of halogens is 1. The summed E-state index contributed by atoms with van der Waals surface area (Å²) in [5, 5.41) is 4.69. The van der Waals surface area contributed by atoms with Crippen molar-refractivity contribution < 1.29 is 8.42 Å². The third-order valence-corrected chi connectivity index (χ3v) is 5.78. The molecule has 0 fully saturated rings. The third-order valence-electron chi connectivity index (χ3n) is 2.80. The van der Waals surface area contributed by atoms with E-state index in [9.17, 15) is 8.42 Å². The van der Waals surface area contributed by atoms with E-state index < -0.39 is 10.0 Å². The number of hydrogen-bond donors (Lipinski definition) is 1. The predicted octanol–water partition coefficient (Wildman–Crippen LogP) is 3.43. The Balaban J connectivity index is 2.11. The van der Waals surface area contributed by atoms with E-state index in [-0.39, 0.29) is 0 Å². The number of hydrogen-bond acceptors (Lipinski definition) is 3. The van der Waals surface area contributed by atoms with Crippen molar-refractivity contribution in [1.29, 1.82) is 0 Å². The number of nitrogens with one attached hydrogen (secondary N) is 1. The monoisotopic (exact) mass is 359 g/mol. The molecule has 0 spiro atoms. The fourth-order valence-electron chi connectivity index (χ4n) is 1.58. The zero-order valence-electron chi connectivity index (χ0n) is 10.4. The lowest BCUT2D eigenvalue weighted by Crippen LogP contribution is -2.23. The first kappa shape index (κ1) is 14.7. The summed E-state index contributed by atoms with van der Waals surface area (Å²) in [5.74, 6) is 0. The fraction of sp³-hybridized carbons (Fsp3) is 0.231. The molecule has 3 nitrogen and oxygen atoms in total. The maximum Gasteiger partial charge on any atom is 0.240 e. The average Bonchev–Trinajstić information content (AvgIpc) is 2.82. The highest BCUT2D eigenvalue weighted by atomic mass is 79.9. The Bertz CT molecular complexity index is 648. The molecule has 6 heteroatoms. The summed E-state index contributed by atoms with van der Waals surface area (Å²) in [4.78, 5) is 0.296. The normalized spacial score (nSPS) is 11.7. The Labute approximate surface area is 125 Å². The van der Waals surface area contributed by atoms with E-state index in [0.29, 0.717) is 11.4 Å². The number of benzene rings is 1. The molecule has 0 unspecified atom stereocenters. The molecule has 0 aliphatic heterocycles. The van der Waals surface area contributed by atoms with Crippen molar-refractivity contribution in [1.82, 2.24) is 4.72 Å². The van der Waals surface area contributed by atoms with Crippen LogP contribution in [-0.4, -0.2) is 8.42 Å². The van der Waals surface area contributed by atoms with Gasteiger partial charge in [0.1, 0.15) is 0 Å². The summed E-state index contributed by atoms with van der Waals surface area (Å²) >= 11 is 4.91. The topological polar surface area (TPSA) is 46.2 Å². The van der Waals surface area contributed by atoms with E-state index in [0.717, 1.165) is 22.0 Å². The van der Waals surface area contributed by atoms with Crippen molar-refractivity contribution in [2.75, 3.05) is 0 Å². The standard InChI is InChI=1S/C13H14BrNO2S2/c1-10-8-18-9-12(10)7-15-19(16,17)13-4-2-11(6-14)3-5-13/h2-5,8-9,15H,6-7H2,1H3. The predicted molar refractivity (Wildman–Crippen MR) is 82.2 cm³/mol. The zero-order chi connectivity index (χ0) is 13.9. The molecule has 0 atom stereocenters. The lowest BCUT2D eigenvalue weighted by molar-refractivity contribution is 0.581. The van der Waals surface area contributed by atoms with Gasteiger partial charge in [-0.1, -0.05) is 28.1 Å². The van der Waals surface area contributed by atoms with E-state index in [4.69, 9.17) is 0 Å². The van der Waals surface area contributed by atoms with Gasteiger partial charge in [0.05, 0.1) is 4.90 Å². The van der Waals surface area contributed by atoms with Gasteiger partial charge in [0.15, 0.2) is 0 Å². The van der Waals surface area contributed by atoms with Crippen LogP contribution >= 0.6 is 27.3 Å². The van der Waals surface area contributed by atoms with Crippen LogP contribution in [0.4, 0.5) is 0 Å². The summed E-state index contributed by atoms with van der Waals surface area (Å²) in [6, 6.07) is 6.86. The van der Waals surface area contributed by atoms with E-state index in [1.165, 1.54) is 0 Å². The average molecular weight is 360 g/mol. The molecule has 0 bridgehead atoms. The SMILES string of the molecule is Cc1cscc1CNS(=O)(=O)c1ccc(CBr)cc1. The second kappa shape index (κ2) is 6.17. The van der Waals surface area contributed by atoms with Crippen LogP contribution in [0.5, 0.6) is 0 Å². The Morgan fingerprint density at radius 3 is 2.42 bits per heavy atom. The number of rotatable bonds is 5. The number of sulfonamides is 1. The Morgan fingerprint density at radius 1 is 1.21 bits per heavy atom. The van der Waals surface area contributed by atoms with E-state index in [1.54, 1.807) is 35.6 Å². The summed E-state index contributed by atoms with van der Waals surface area (Å²) < 4.78 is 26.9. The van der Waals surface area contributed by atoms with Gasteiger partial charge in [-0.2, -0.15) is 11.3 Å². The Hall–Kier alpha value is -0.690. The van der Waals surface area contributed by atoms with Gasteiger partial charge in [0.2, 0.25) is 10.0 Å². The van der Waals surface area contributed by atoms with Gasteiger partial charge in [-0.05, 0) is 46.5 Å². The van der Waals surface area contributed by atoms with Gasteiger partial charge in [-0.15, -0.1) is 0 Å². The molecule has 1 N–H and O–H groups in total. The molecule has 1 heterocycles. The van der Waals surface area contributed by atoms with E-state index in [1.807, 2.05) is 17.7 Å².